The van der Waals surface area contributed by atoms with Crippen molar-refractivity contribution in [2.45, 2.75) is 58.0 Å². The van der Waals surface area contributed by atoms with Crippen molar-refractivity contribution in [3.05, 3.63) is 0 Å². The van der Waals surface area contributed by atoms with E-state index in [2.05, 4.69) is 19.2 Å². The van der Waals surface area contributed by atoms with Crippen LogP contribution in [0.3, 0.4) is 0 Å². The molecule has 1 aliphatic carbocycles. The summed E-state index contributed by atoms with van der Waals surface area (Å²) in [5.74, 6) is 0.821. The van der Waals surface area contributed by atoms with Gasteiger partial charge in [-0.05, 0) is 31.6 Å². The van der Waals surface area contributed by atoms with Gasteiger partial charge in [-0.1, -0.05) is 20.3 Å². The van der Waals surface area contributed by atoms with Crippen LogP contribution in [0.25, 0.3) is 0 Å². The summed E-state index contributed by atoms with van der Waals surface area (Å²) >= 11 is 0. The highest BCUT2D eigenvalue weighted by Crippen LogP contribution is 2.32. The van der Waals surface area contributed by atoms with Crippen molar-refractivity contribution >= 4 is 10.0 Å². The van der Waals surface area contributed by atoms with E-state index < -0.39 is 10.0 Å². The lowest BCUT2D eigenvalue weighted by molar-refractivity contribution is 0.241. The van der Waals surface area contributed by atoms with Crippen LogP contribution in [0, 0.1) is 5.92 Å². The second-order valence-corrected chi connectivity index (χ2v) is 8.01. The van der Waals surface area contributed by atoms with E-state index in [1.807, 2.05) is 0 Å². The molecule has 1 heterocycles. The first kappa shape index (κ1) is 14.3. The van der Waals surface area contributed by atoms with E-state index in [1.54, 1.807) is 4.31 Å². The fraction of sp³-hybridized carbons (Fsp3) is 1.00. The van der Waals surface area contributed by atoms with Crippen LogP contribution in [0.1, 0.15) is 46.0 Å². The summed E-state index contributed by atoms with van der Waals surface area (Å²) in [4.78, 5) is 0. The normalized spacial score (nSPS) is 26.7. The molecule has 0 spiro atoms. The third kappa shape index (κ3) is 3.93. The zero-order valence-corrected chi connectivity index (χ0v) is 12.4. The average Bonchev–Trinajstić information content (AvgIpc) is 3.10. The fourth-order valence-electron chi connectivity index (χ4n) is 2.59. The number of nitrogens with one attached hydrogen (secondary N) is 1. The van der Waals surface area contributed by atoms with Crippen LogP contribution in [-0.2, 0) is 10.0 Å². The van der Waals surface area contributed by atoms with Crippen molar-refractivity contribution in [1.29, 1.82) is 0 Å². The molecule has 1 aliphatic heterocycles. The molecule has 0 aromatic heterocycles. The number of hydrogen-bond acceptors (Lipinski definition) is 3. The molecule has 1 saturated carbocycles. The average molecular weight is 274 g/mol. The van der Waals surface area contributed by atoms with Gasteiger partial charge in [-0.3, -0.25) is 0 Å². The van der Waals surface area contributed by atoms with Crippen LogP contribution < -0.4 is 5.32 Å². The lowest BCUT2D eigenvalue weighted by Crippen LogP contribution is -2.50. The largest absolute Gasteiger partial charge is 0.313 e. The minimum absolute atomic E-state index is 0.171. The van der Waals surface area contributed by atoms with Gasteiger partial charge in [0.2, 0.25) is 10.0 Å². The highest BCUT2D eigenvalue weighted by molar-refractivity contribution is 7.89. The highest BCUT2D eigenvalue weighted by atomic mass is 32.2. The van der Waals surface area contributed by atoms with Gasteiger partial charge < -0.3 is 5.32 Å². The number of hydrogen-bond donors (Lipinski definition) is 1. The molecule has 5 heteroatoms. The Labute approximate surface area is 111 Å². The molecule has 0 bridgehead atoms. The van der Waals surface area contributed by atoms with Gasteiger partial charge in [-0.25, -0.2) is 8.42 Å². The summed E-state index contributed by atoms with van der Waals surface area (Å²) in [5.41, 5.74) is 0. The Morgan fingerprint density at radius 2 is 1.94 bits per heavy atom. The van der Waals surface area contributed by atoms with Gasteiger partial charge in [0.25, 0.3) is 0 Å². The Morgan fingerprint density at radius 1 is 1.22 bits per heavy atom. The third-order valence-corrected chi connectivity index (χ3v) is 5.92. The molecule has 0 radical (unpaired) electrons. The van der Waals surface area contributed by atoms with Gasteiger partial charge in [0.05, 0.1) is 5.75 Å². The van der Waals surface area contributed by atoms with E-state index in [-0.39, 0.29) is 6.04 Å². The molecule has 4 nitrogen and oxygen atoms in total. The van der Waals surface area contributed by atoms with E-state index in [4.69, 9.17) is 0 Å². The smallest absolute Gasteiger partial charge is 0.214 e. The van der Waals surface area contributed by atoms with Crippen molar-refractivity contribution in [3.63, 3.8) is 0 Å². The minimum atomic E-state index is -3.02. The summed E-state index contributed by atoms with van der Waals surface area (Å²) in [6.45, 7) is 5.72. The van der Waals surface area contributed by atoms with Crippen LogP contribution in [-0.4, -0.2) is 43.6 Å². The van der Waals surface area contributed by atoms with Crippen molar-refractivity contribution in [3.8, 4) is 0 Å². The molecule has 2 aliphatic rings. The molecule has 0 amide bonds. The molecule has 0 aromatic rings. The van der Waals surface area contributed by atoms with Crippen LogP contribution in [0.15, 0.2) is 0 Å². The lowest BCUT2D eigenvalue weighted by atomic mass is 10.0. The van der Waals surface area contributed by atoms with E-state index in [1.165, 1.54) is 0 Å². The van der Waals surface area contributed by atoms with E-state index >= 15 is 0 Å². The van der Waals surface area contributed by atoms with Gasteiger partial charge in [-0.15, -0.1) is 0 Å². The molecule has 2 rings (SSSR count). The first-order valence-corrected chi connectivity index (χ1v) is 8.83. The molecule has 2 fully saturated rings. The van der Waals surface area contributed by atoms with Gasteiger partial charge in [-0.2, -0.15) is 4.31 Å². The van der Waals surface area contributed by atoms with Crippen molar-refractivity contribution in [1.82, 2.24) is 9.62 Å². The number of sulfonamides is 1. The van der Waals surface area contributed by atoms with Gasteiger partial charge in [0.1, 0.15) is 0 Å². The summed E-state index contributed by atoms with van der Waals surface area (Å²) in [7, 11) is -3.02. The SMILES string of the molecule is CC(C)NCC1CCCCN1S(=O)(=O)CC1CC1. The standard InChI is InChI=1S/C13H26N2O2S/c1-11(2)14-9-13-5-3-4-8-15(13)18(16,17)10-12-6-7-12/h11-14H,3-10H2,1-2H3. The first-order chi connectivity index (χ1) is 8.49. The zero-order valence-electron chi connectivity index (χ0n) is 11.6. The molecule has 1 unspecified atom stereocenters. The van der Waals surface area contributed by atoms with Crippen LogP contribution in [0.4, 0.5) is 0 Å². The molecular formula is C13H26N2O2S. The van der Waals surface area contributed by atoms with Crippen molar-refractivity contribution in [2.24, 2.45) is 5.92 Å². The van der Waals surface area contributed by atoms with Crippen molar-refractivity contribution in [2.75, 3.05) is 18.8 Å². The quantitative estimate of drug-likeness (QED) is 0.800. The zero-order chi connectivity index (χ0) is 13.2. The van der Waals surface area contributed by atoms with Crippen LogP contribution in [0.5, 0.6) is 0 Å². The second kappa shape index (κ2) is 5.88. The Kier molecular flexibility index (Phi) is 4.67. The van der Waals surface area contributed by atoms with Crippen LogP contribution in [0.2, 0.25) is 0 Å². The second-order valence-electron chi connectivity index (χ2n) is 6.05. The fourth-order valence-corrected chi connectivity index (χ4v) is 4.76. The maximum absolute atomic E-state index is 12.4. The Morgan fingerprint density at radius 3 is 2.56 bits per heavy atom. The molecule has 18 heavy (non-hydrogen) atoms. The first-order valence-electron chi connectivity index (χ1n) is 7.22. The topological polar surface area (TPSA) is 49.4 Å². The van der Waals surface area contributed by atoms with E-state index in [0.717, 1.165) is 45.2 Å². The number of piperidine rings is 1. The van der Waals surface area contributed by atoms with Crippen molar-refractivity contribution < 1.29 is 8.42 Å². The highest BCUT2D eigenvalue weighted by Gasteiger charge is 2.36. The summed E-state index contributed by atoms with van der Waals surface area (Å²) in [5, 5.41) is 3.38. The molecule has 0 aromatic carbocycles. The number of nitrogens with zero attached hydrogens (tertiary/aromatic N) is 1. The van der Waals surface area contributed by atoms with Gasteiger partial charge in [0, 0.05) is 25.2 Å². The minimum Gasteiger partial charge on any atom is -0.313 e. The summed E-state index contributed by atoms with van der Waals surface area (Å²) in [6, 6.07) is 0.588. The maximum atomic E-state index is 12.4. The Bertz CT molecular complexity index is 363. The molecule has 1 saturated heterocycles. The molecule has 106 valence electrons. The van der Waals surface area contributed by atoms with E-state index in [9.17, 15) is 8.42 Å². The summed E-state index contributed by atoms with van der Waals surface area (Å²) < 4.78 is 26.6. The predicted molar refractivity (Wildman–Crippen MR) is 74.0 cm³/mol. The number of rotatable bonds is 6. The summed E-state index contributed by atoms with van der Waals surface area (Å²) in [6.07, 6.45) is 5.37. The molecule has 1 N–H and O–H groups in total. The van der Waals surface area contributed by atoms with Gasteiger partial charge >= 0.3 is 0 Å². The third-order valence-electron chi connectivity index (χ3n) is 3.84. The molecular weight excluding hydrogens is 248 g/mol. The predicted octanol–water partition coefficient (Wildman–Crippen LogP) is 1.58. The van der Waals surface area contributed by atoms with E-state index in [0.29, 0.717) is 17.7 Å². The monoisotopic (exact) mass is 274 g/mol. The van der Waals surface area contributed by atoms with Crippen LogP contribution >= 0.6 is 0 Å². The Hall–Kier alpha value is -0.130. The maximum Gasteiger partial charge on any atom is 0.214 e. The lowest BCUT2D eigenvalue weighted by Gasteiger charge is -2.35. The van der Waals surface area contributed by atoms with Gasteiger partial charge in [0.15, 0.2) is 0 Å². The molecule has 1 atom stereocenters. The Balaban J connectivity index is 1.97.